The topological polar surface area (TPSA) is 31.6 Å². The van der Waals surface area contributed by atoms with Crippen molar-refractivity contribution in [1.29, 1.82) is 0 Å². The Balaban J connectivity index is 2.18. The van der Waals surface area contributed by atoms with Crippen LogP contribution in [-0.4, -0.2) is 19.3 Å². The van der Waals surface area contributed by atoms with Crippen LogP contribution in [-0.2, 0) is 11.2 Å². The van der Waals surface area contributed by atoms with Gasteiger partial charge in [0.25, 0.3) is 0 Å². The average Bonchev–Trinajstić information content (AvgIpc) is 2.83. The number of rotatable bonds is 3. The summed E-state index contributed by atoms with van der Waals surface area (Å²) in [7, 11) is 1.72. The Morgan fingerprint density at radius 3 is 2.89 bits per heavy atom. The molecule has 3 rings (SSSR count). The van der Waals surface area contributed by atoms with E-state index in [1.807, 2.05) is 0 Å². The smallest absolute Gasteiger partial charge is 0.139 e. The van der Waals surface area contributed by atoms with Crippen LogP contribution in [0.3, 0.4) is 0 Å². The van der Waals surface area contributed by atoms with E-state index in [4.69, 9.17) is 13.9 Å². The summed E-state index contributed by atoms with van der Waals surface area (Å²) in [6.07, 6.45) is 8.63. The van der Waals surface area contributed by atoms with E-state index < -0.39 is 0 Å². The minimum Gasteiger partial charge on any atom is -0.482 e. The van der Waals surface area contributed by atoms with E-state index in [0.29, 0.717) is 6.61 Å². The van der Waals surface area contributed by atoms with E-state index in [1.165, 1.54) is 5.56 Å². The van der Waals surface area contributed by atoms with Gasteiger partial charge in [0.1, 0.15) is 17.6 Å². The van der Waals surface area contributed by atoms with Gasteiger partial charge < -0.3 is 13.9 Å². The molecule has 0 amide bonds. The van der Waals surface area contributed by atoms with Gasteiger partial charge in [-0.25, -0.2) is 0 Å². The molecule has 0 unspecified atom stereocenters. The van der Waals surface area contributed by atoms with Gasteiger partial charge in [0.2, 0.25) is 0 Å². The van der Waals surface area contributed by atoms with Gasteiger partial charge >= 0.3 is 0 Å². The molecule has 1 aromatic heterocycles. The number of fused-ring (bicyclic) bond motifs is 3. The molecule has 0 saturated heterocycles. The Hall–Kier alpha value is -1.74. The van der Waals surface area contributed by atoms with Gasteiger partial charge in [-0.2, -0.15) is 0 Å². The summed E-state index contributed by atoms with van der Waals surface area (Å²) in [5.41, 5.74) is 2.10. The van der Waals surface area contributed by atoms with Gasteiger partial charge in [-0.05, 0) is 38.0 Å². The van der Waals surface area contributed by atoms with Gasteiger partial charge in [-0.15, -0.1) is 0 Å². The molecule has 0 fully saturated rings. The predicted molar refractivity (Wildman–Crippen MR) is 75.5 cm³/mol. The van der Waals surface area contributed by atoms with E-state index in [0.717, 1.165) is 28.5 Å². The third-order valence-electron chi connectivity index (χ3n) is 3.45. The largest absolute Gasteiger partial charge is 0.482 e. The maximum atomic E-state index is 6.12. The second-order valence-corrected chi connectivity index (χ2v) is 5.43. The van der Waals surface area contributed by atoms with Gasteiger partial charge in [-0.3, -0.25) is 0 Å². The molecule has 0 saturated carbocycles. The Morgan fingerprint density at radius 2 is 2.11 bits per heavy atom. The fourth-order valence-corrected chi connectivity index (χ4v) is 2.45. The van der Waals surface area contributed by atoms with Crippen LogP contribution in [0.25, 0.3) is 16.8 Å². The molecular formula is C16H18O3. The quantitative estimate of drug-likeness (QED) is 0.839. The molecule has 19 heavy (non-hydrogen) atoms. The zero-order chi connectivity index (χ0) is 13.5. The first kappa shape index (κ1) is 12.3. The molecule has 0 bridgehead atoms. The SMILES string of the molecule is COCCc1cc2cocc2c2c1C=CC(C)(C)O2. The molecule has 0 atom stereocenters. The standard InChI is InChI=1S/C16H18O3/c1-16(2)6-4-13-11(5-7-17-3)8-12-9-18-10-14(12)15(13)19-16/h4,6,8-10H,5,7H2,1-3H3. The van der Waals surface area contributed by atoms with Crippen molar-refractivity contribution in [3.8, 4) is 5.75 Å². The number of furan rings is 1. The first-order valence-electron chi connectivity index (χ1n) is 6.50. The minimum atomic E-state index is -0.281. The van der Waals surface area contributed by atoms with Crippen molar-refractivity contribution < 1.29 is 13.9 Å². The zero-order valence-corrected chi connectivity index (χ0v) is 11.5. The van der Waals surface area contributed by atoms with Crippen LogP contribution in [0, 0.1) is 0 Å². The van der Waals surface area contributed by atoms with Crippen molar-refractivity contribution in [2.75, 3.05) is 13.7 Å². The molecule has 0 aliphatic carbocycles. The molecule has 2 aromatic rings. The zero-order valence-electron chi connectivity index (χ0n) is 11.5. The van der Waals surface area contributed by atoms with Crippen LogP contribution in [0.5, 0.6) is 5.75 Å². The Bertz CT molecular complexity index is 635. The Morgan fingerprint density at radius 1 is 1.26 bits per heavy atom. The number of methoxy groups -OCH3 is 1. The highest BCUT2D eigenvalue weighted by atomic mass is 16.5. The van der Waals surface area contributed by atoms with E-state index in [9.17, 15) is 0 Å². The first-order valence-corrected chi connectivity index (χ1v) is 6.50. The van der Waals surface area contributed by atoms with Crippen molar-refractivity contribution in [3.63, 3.8) is 0 Å². The summed E-state index contributed by atoms with van der Waals surface area (Å²) in [4.78, 5) is 0. The third-order valence-corrected chi connectivity index (χ3v) is 3.45. The number of benzene rings is 1. The second-order valence-electron chi connectivity index (χ2n) is 5.43. The van der Waals surface area contributed by atoms with Crippen LogP contribution in [0.1, 0.15) is 25.0 Å². The summed E-state index contributed by atoms with van der Waals surface area (Å²) in [6, 6.07) is 2.16. The van der Waals surface area contributed by atoms with Crippen LogP contribution in [0.15, 0.2) is 29.1 Å². The maximum absolute atomic E-state index is 6.12. The molecule has 3 nitrogen and oxygen atoms in total. The molecule has 1 aliphatic heterocycles. The highest BCUT2D eigenvalue weighted by molar-refractivity contribution is 5.93. The molecule has 0 spiro atoms. The Labute approximate surface area is 112 Å². The summed E-state index contributed by atoms with van der Waals surface area (Å²) >= 11 is 0. The summed E-state index contributed by atoms with van der Waals surface area (Å²) in [6.45, 7) is 4.81. The summed E-state index contributed by atoms with van der Waals surface area (Å²) in [5.74, 6) is 0.921. The van der Waals surface area contributed by atoms with E-state index in [-0.39, 0.29) is 5.60 Å². The molecule has 100 valence electrons. The maximum Gasteiger partial charge on any atom is 0.139 e. The van der Waals surface area contributed by atoms with Crippen molar-refractivity contribution in [2.24, 2.45) is 0 Å². The van der Waals surface area contributed by atoms with Crippen LogP contribution in [0.2, 0.25) is 0 Å². The van der Waals surface area contributed by atoms with E-state index >= 15 is 0 Å². The van der Waals surface area contributed by atoms with Crippen molar-refractivity contribution in [2.45, 2.75) is 25.9 Å². The molecule has 2 heterocycles. The molecular weight excluding hydrogens is 240 g/mol. The van der Waals surface area contributed by atoms with Crippen LogP contribution < -0.4 is 4.74 Å². The Kier molecular flexibility index (Phi) is 2.86. The lowest BCUT2D eigenvalue weighted by Crippen LogP contribution is -2.28. The van der Waals surface area contributed by atoms with Gasteiger partial charge in [0, 0.05) is 18.1 Å². The normalized spacial score (nSPS) is 16.4. The molecule has 0 radical (unpaired) electrons. The van der Waals surface area contributed by atoms with Gasteiger partial charge in [-0.1, -0.05) is 6.08 Å². The third kappa shape index (κ3) is 2.15. The van der Waals surface area contributed by atoms with Gasteiger partial charge in [0.05, 0.1) is 18.3 Å². The van der Waals surface area contributed by atoms with E-state index in [1.54, 1.807) is 19.6 Å². The number of hydrogen-bond donors (Lipinski definition) is 0. The van der Waals surface area contributed by atoms with Crippen molar-refractivity contribution in [3.05, 3.63) is 35.8 Å². The lowest BCUT2D eigenvalue weighted by atomic mass is 9.94. The summed E-state index contributed by atoms with van der Waals surface area (Å²) < 4.78 is 16.6. The van der Waals surface area contributed by atoms with Crippen LogP contribution >= 0.6 is 0 Å². The minimum absolute atomic E-state index is 0.281. The predicted octanol–water partition coefficient (Wildman–Crippen LogP) is 3.81. The number of ether oxygens (including phenoxy) is 2. The van der Waals surface area contributed by atoms with E-state index in [2.05, 4.69) is 32.1 Å². The van der Waals surface area contributed by atoms with Crippen molar-refractivity contribution in [1.82, 2.24) is 0 Å². The molecule has 3 heteroatoms. The lowest BCUT2D eigenvalue weighted by Gasteiger charge is -2.29. The molecule has 1 aromatic carbocycles. The fraction of sp³-hybridized carbons (Fsp3) is 0.375. The van der Waals surface area contributed by atoms with Gasteiger partial charge in [0.15, 0.2) is 0 Å². The highest BCUT2D eigenvalue weighted by Crippen LogP contribution is 2.40. The lowest BCUT2D eigenvalue weighted by molar-refractivity contribution is 0.161. The van der Waals surface area contributed by atoms with Crippen molar-refractivity contribution >= 4 is 16.8 Å². The molecule has 0 N–H and O–H groups in total. The molecule has 1 aliphatic rings. The summed E-state index contributed by atoms with van der Waals surface area (Å²) in [5, 5.41) is 2.12. The monoisotopic (exact) mass is 258 g/mol. The first-order chi connectivity index (χ1) is 9.11. The average molecular weight is 258 g/mol. The van der Waals surface area contributed by atoms with Crippen LogP contribution in [0.4, 0.5) is 0 Å². The highest BCUT2D eigenvalue weighted by Gasteiger charge is 2.25. The fourth-order valence-electron chi connectivity index (χ4n) is 2.45. The number of hydrogen-bond acceptors (Lipinski definition) is 3. The second kappa shape index (κ2) is 4.42.